The van der Waals surface area contributed by atoms with Gasteiger partial charge >= 0.3 is 0 Å². The highest BCUT2D eigenvalue weighted by molar-refractivity contribution is 7.99. The molecule has 1 rings (SSSR count). The lowest BCUT2D eigenvalue weighted by atomic mass is 9.84. The molecule has 2 heteroatoms. The van der Waals surface area contributed by atoms with E-state index >= 15 is 0 Å². The van der Waals surface area contributed by atoms with E-state index in [-0.39, 0.29) is 0 Å². The van der Waals surface area contributed by atoms with Crippen LogP contribution >= 0.6 is 11.8 Å². The van der Waals surface area contributed by atoms with Gasteiger partial charge in [0, 0.05) is 11.3 Å². The van der Waals surface area contributed by atoms with Gasteiger partial charge < -0.3 is 5.32 Å². The van der Waals surface area contributed by atoms with E-state index in [1.807, 2.05) is 0 Å². The normalized spacial score (nSPS) is 30.6. The van der Waals surface area contributed by atoms with Crippen LogP contribution in [0.15, 0.2) is 0 Å². The molecule has 1 aliphatic rings. The van der Waals surface area contributed by atoms with Crippen LogP contribution in [0, 0.1) is 5.92 Å². The maximum atomic E-state index is 3.52. The van der Waals surface area contributed by atoms with Gasteiger partial charge in [-0.05, 0) is 44.4 Å². The van der Waals surface area contributed by atoms with E-state index in [1.165, 1.54) is 50.7 Å². The van der Waals surface area contributed by atoms with Crippen molar-refractivity contribution >= 4 is 11.8 Å². The Morgan fingerprint density at radius 2 is 2.00 bits per heavy atom. The van der Waals surface area contributed by atoms with Crippen LogP contribution < -0.4 is 5.32 Å². The molecule has 0 saturated heterocycles. The minimum absolute atomic E-state index is 0.773. The molecule has 0 aromatic rings. The third kappa shape index (κ3) is 4.67. The Labute approximate surface area is 106 Å². The van der Waals surface area contributed by atoms with Crippen LogP contribution in [0.25, 0.3) is 0 Å². The van der Waals surface area contributed by atoms with Gasteiger partial charge in [0.2, 0.25) is 0 Å². The van der Waals surface area contributed by atoms with Gasteiger partial charge in [0.25, 0.3) is 0 Å². The summed E-state index contributed by atoms with van der Waals surface area (Å²) in [5.41, 5.74) is 0. The van der Waals surface area contributed by atoms with Crippen molar-refractivity contribution in [2.45, 2.75) is 70.1 Å². The molecule has 0 aromatic carbocycles. The molecular weight excluding hydrogens is 214 g/mol. The second kappa shape index (κ2) is 8.41. The van der Waals surface area contributed by atoms with Gasteiger partial charge in [-0.2, -0.15) is 11.8 Å². The Bertz CT molecular complexity index is 172. The molecule has 3 unspecified atom stereocenters. The molecule has 1 aliphatic carbocycles. The summed E-state index contributed by atoms with van der Waals surface area (Å²) in [5, 5.41) is 4.39. The minimum atomic E-state index is 0.773. The van der Waals surface area contributed by atoms with Crippen molar-refractivity contribution in [1.82, 2.24) is 5.32 Å². The summed E-state index contributed by atoms with van der Waals surface area (Å²) in [4.78, 5) is 0. The fraction of sp³-hybridized carbons (Fsp3) is 1.00. The molecule has 1 saturated carbocycles. The monoisotopic (exact) mass is 243 g/mol. The number of thioether (sulfide) groups is 1. The first-order valence-electron chi connectivity index (χ1n) is 7.10. The fourth-order valence-corrected chi connectivity index (χ4v) is 4.27. The third-order valence-electron chi connectivity index (χ3n) is 3.93. The lowest BCUT2D eigenvalue weighted by Crippen LogP contribution is -2.40. The quantitative estimate of drug-likeness (QED) is 0.676. The van der Waals surface area contributed by atoms with Crippen molar-refractivity contribution < 1.29 is 0 Å². The topological polar surface area (TPSA) is 12.0 Å². The molecule has 96 valence electrons. The molecule has 0 bridgehead atoms. The predicted octanol–water partition coefficient (Wildman–Crippen LogP) is 4.08. The van der Waals surface area contributed by atoms with Crippen molar-refractivity contribution in [3.8, 4) is 0 Å². The van der Waals surface area contributed by atoms with Crippen LogP contribution in [0.5, 0.6) is 0 Å². The molecule has 1 nitrogen and oxygen atoms in total. The van der Waals surface area contributed by atoms with E-state index in [4.69, 9.17) is 0 Å². The average Bonchev–Trinajstić information content (AvgIpc) is 2.34. The highest BCUT2D eigenvalue weighted by Gasteiger charge is 2.28. The van der Waals surface area contributed by atoms with E-state index in [1.54, 1.807) is 0 Å². The Hall–Kier alpha value is 0.310. The smallest absolute Gasteiger partial charge is 0.0203 e. The van der Waals surface area contributed by atoms with E-state index in [0.717, 1.165) is 17.2 Å². The van der Waals surface area contributed by atoms with Crippen molar-refractivity contribution in [3.63, 3.8) is 0 Å². The molecule has 0 radical (unpaired) electrons. The standard InChI is InChI=1S/C14H29NS/c1-4-6-7-10-16-14-11-12(5-2)8-9-13(14)15-3/h12-15H,4-11H2,1-3H3. The Balaban J connectivity index is 2.27. The van der Waals surface area contributed by atoms with Gasteiger partial charge in [0.15, 0.2) is 0 Å². The minimum Gasteiger partial charge on any atom is -0.316 e. The highest BCUT2D eigenvalue weighted by atomic mass is 32.2. The van der Waals surface area contributed by atoms with Crippen LogP contribution in [0.4, 0.5) is 0 Å². The van der Waals surface area contributed by atoms with E-state index in [2.05, 4.69) is 38.0 Å². The zero-order valence-corrected chi connectivity index (χ0v) is 12.1. The molecule has 0 aliphatic heterocycles. The van der Waals surface area contributed by atoms with Gasteiger partial charge in [-0.3, -0.25) is 0 Å². The molecule has 0 heterocycles. The Morgan fingerprint density at radius 1 is 1.19 bits per heavy atom. The SMILES string of the molecule is CCCCCSC1CC(CC)CCC1NC. The van der Waals surface area contributed by atoms with Gasteiger partial charge in [-0.25, -0.2) is 0 Å². The molecule has 1 N–H and O–H groups in total. The zero-order chi connectivity index (χ0) is 11.8. The number of hydrogen-bond acceptors (Lipinski definition) is 2. The lowest BCUT2D eigenvalue weighted by Gasteiger charge is -2.35. The molecule has 0 amide bonds. The first-order chi connectivity index (χ1) is 7.81. The molecule has 0 aromatic heterocycles. The molecular formula is C14H29NS. The lowest BCUT2D eigenvalue weighted by molar-refractivity contribution is 0.304. The first-order valence-corrected chi connectivity index (χ1v) is 8.15. The summed E-state index contributed by atoms with van der Waals surface area (Å²) in [7, 11) is 2.14. The first kappa shape index (κ1) is 14.4. The van der Waals surface area contributed by atoms with Crippen LogP contribution in [-0.4, -0.2) is 24.1 Å². The van der Waals surface area contributed by atoms with Crippen LogP contribution in [0.1, 0.15) is 58.8 Å². The highest BCUT2D eigenvalue weighted by Crippen LogP contribution is 2.34. The summed E-state index contributed by atoms with van der Waals surface area (Å²) < 4.78 is 0. The Morgan fingerprint density at radius 3 is 2.62 bits per heavy atom. The van der Waals surface area contributed by atoms with Crippen molar-refractivity contribution in [2.75, 3.05) is 12.8 Å². The molecule has 16 heavy (non-hydrogen) atoms. The van der Waals surface area contributed by atoms with E-state index in [9.17, 15) is 0 Å². The van der Waals surface area contributed by atoms with Crippen LogP contribution in [0.3, 0.4) is 0 Å². The van der Waals surface area contributed by atoms with E-state index in [0.29, 0.717) is 0 Å². The largest absolute Gasteiger partial charge is 0.316 e. The van der Waals surface area contributed by atoms with Gasteiger partial charge in [-0.1, -0.05) is 33.1 Å². The fourth-order valence-electron chi connectivity index (χ4n) is 2.68. The number of nitrogens with one attached hydrogen (secondary N) is 1. The molecule has 3 atom stereocenters. The van der Waals surface area contributed by atoms with Crippen LogP contribution in [0.2, 0.25) is 0 Å². The predicted molar refractivity (Wildman–Crippen MR) is 76.3 cm³/mol. The van der Waals surface area contributed by atoms with Crippen LogP contribution in [-0.2, 0) is 0 Å². The zero-order valence-electron chi connectivity index (χ0n) is 11.3. The second-order valence-electron chi connectivity index (χ2n) is 5.10. The average molecular weight is 243 g/mol. The van der Waals surface area contributed by atoms with Gasteiger partial charge in [-0.15, -0.1) is 0 Å². The molecule has 0 spiro atoms. The van der Waals surface area contributed by atoms with E-state index < -0.39 is 0 Å². The summed E-state index contributed by atoms with van der Waals surface area (Å²) in [6.45, 7) is 4.64. The maximum Gasteiger partial charge on any atom is 0.0203 e. The number of hydrogen-bond donors (Lipinski definition) is 1. The summed E-state index contributed by atoms with van der Waals surface area (Å²) in [6.07, 6.45) is 9.81. The molecule has 1 fully saturated rings. The Kier molecular flexibility index (Phi) is 7.55. The van der Waals surface area contributed by atoms with Crippen molar-refractivity contribution in [3.05, 3.63) is 0 Å². The van der Waals surface area contributed by atoms with Crippen molar-refractivity contribution in [2.24, 2.45) is 5.92 Å². The van der Waals surface area contributed by atoms with Gasteiger partial charge in [0.1, 0.15) is 0 Å². The van der Waals surface area contributed by atoms with Crippen molar-refractivity contribution in [1.29, 1.82) is 0 Å². The third-order valence-corrected chi connectivity index (χ3v) is 5.40. The summed E-state index contributed by atoms with van der Waals surface area (Å²) >= 11 is 2.23. The second-order valence-corrected chi connectivity index (χ2v) is 6.45. The maximum absolute atomic E-state index is 3.52. The summed E-state index contributed by atoms with van der Waals surface area (Å²) in [5.74, 6) is 2.36. The number of rotatable bonds is 7. The summed E-state index contributed by atoms with van der Waals surface area (Å²) in [6, 6.07) is 0.773. The number of unbranched alkanes of at least 4 members (excludes halogenated alkanes) is 2. The van der Waals surface area contributed by atoms with Gasteiger partial charge in [0.05, 0.1) is 0 Å².